The first-order valence-electron chi connectivity index (χ1n) is 5.77. The summed E-state index contributed by atoms with van der Waals surface area (Å²) in [6.07, 6.45) is 0. The molecule has 1 aromatic rings. The predicted molar refractivity (Wildman–Crippen MR) is 75.7 cm³/mol. The van der Waals surface area contributed by atoms with Gasteiger partial charge in [0.1, 0.15) is 0 Å². The topological polar surface area (TPSA) is 46.3 Å². The molecule has 2 unspecified atom stereocenters. The van der Waals surface area contributed by atoms with Crippen LogP contribution in [0.25, 0.3) is 0 Å². The Morgan fingerprint density at radius 1 is 1.39 bits per heavy atom. The van der Waals surface area contributed by atoms with E-state index < -0.39 is 0 Å². The van der Waals surface area contributed by atoms with E-state index in [-0.39, 0.29) is 17.9 Å². The maximum atomic E-state index is 12.0. The lowest BCUT2D eigenvalue weighted by Gasteiger charge is -2.24. The highest BCUT2D eigenvalue weighted by atomic mass is 35.5. The molecule has 1 aromatic carbocycles. The molecule has 0 saturated heterocycles. The van der Waals surface area contributed by atoms with Gasteiger partial charge in [-0.05, 0) is 24.6 Å². The van der Waals surface area contributed by atoms with E-state index in [4.69, 9.17) is 28.9 Å². The van der Waals surface area contributed by atoms with Crippen LogP contribution in [0.1, 0.15) is 19.4 Å². The van der Waals surface area contributed by atoms with Crippen molar-refractivity contribution in [3.05, 3.63) is 33.8 Å². The number of nitrogens with two attached hydrogens (primary N) is 1. The minimum atomic E-state index is -0.207. The fraction of sp³-hybridized carbons (Fsp3) is 0.462. The SMILES string of the molecule is CC(N)C(C)C(=O)N(C)Cc1ccc(Cl)cc1Cl. The van der Waals surface area contributed by atoms with Crippen molar-refractivity contribution in [1.29, 1.82) is 0 Å². The van der Waals surface area contributed by atoms with Crippen LogP contribution in [-0.2, 0) is 11.3 Å². The lowest BCUT2D eigenvalue weighted by atomic mass is 10.0. The second kappa shape index (κ2) is 6.41. The molecule has 0 aliphatic carbocycles. The highest BCUT2D eigenvalue weighted by Crippen LogP contribution is 2.22. The standard InChI is InChI=1S/C13H18Cl2N2O/c1-8(9(2)16)13(18)17(3)7-10-4-5-11(14)6-12(10)15/h4-6,8-9H,7,16H2,1-3H3. The van der Waals surface area contributed by atoms with E-state index in [0.717, 1.165) is 5.56 Å². The van der Waals surface area contributed by atoms with E-state index in [1.54, 1.807) is 24.1 Å². The number of hydrogen-bond acceptors (Lipinski definition) is 2. The molecular formula is C13H18Cl2N2O. The Bertz CT molecular complexity index is 435. The molecule has 5 heteroatoms. The van der Waals surface area contributed by atoms with E-state index in [2.05, 4.69) is 0 Å². The highest BCUT2D eigenvalue weighted by Gasteiger charge is 2.21. The van der Waals surface area contributed by atoms with Crippen molar-refractivity contribution >= 4 is 29.1 Å². The summed E-state index contributed by atoms with van der Waals surface area (Å²) in [5.74, 6) is -0.197. The minimum Gasteiger partial charge on any atom is -0.341 e. The molecule has 0 bridgehead atoms. The van der Waals surface area contributed by atoms with Crippen molar-refractivity contribution in [3.8, 4) is 0 Å². The number of carbonyl (C=O) groups is 1. The molecule has 0 saturated carbocycles. The summed E-state index contributed by atoms with van der Waals surface area (Å²) in [6, 6.07) is 5.09. The quantitative estimate of drug-likeness (QED) is 0.926. The zero-order chi connectivity index (χ0) is 13.9. The average Bonchev–Trinajstić information content (AvgIpc) is 2.30. The first-order valence-corrected chi connectivity index (χ1v) is 6.53. The third-order valence-electron chi connectivity index (χ3n) is 2.98. The molecule has 100 valence electrons. The van der Waals surface area contributed by atoms with Gasteiger partial charge >= 0.3 is 0 Å². The molecule has 2 atom stereocenters. The third-order valence-corrected chi connectivity index (χ3v) is 3.56. The molecule has 3 nitrogen and oxygen atoms in total. The number of benzene rings is 1. The molecule has 1 amide bonds. The minimum absolute atomic E-state index is 0.0102. The summed E-state index contributed by atoms with van der Waals surface area (Å²) in [6.45, 7) is 4.10. The van der Waals surface area contributed by atoms with Crippen molar-refractivity contribution in [3.63, 3.8) is 0 Å². The van der Waals surface area contributed by atoms with Crippen molar-refractivity contribution < 1.29 is 4.79 Å². The van der Waals surface area contributed by atoms with Gasteiger partial charge in [-0.1, -0.05) is 36.2 Å². The van der Waals surface area contributed by atoms with Gasteiger partial charge in [-0.25, -0.2) is 0 Å². The number of rotatable bonds is 4. The summed E-state index contributed by atoms with van der Waals surface area (Å²) in [7, 11) is 1.74. The van der Waals surface area contributed by atoms with Crippen LogP contribution in [0.5, 0.6) is 0 Å². The van der Waals surface area contributed by atoms with Crippen molar-refractivity contribution in [2.45, 2.75) is 26.4 Å². The van der Waals surface area contributed by atoms with Gasteiger partial charge in [-0.2, -0.15) is 0 Å². The van der Waals surface area contributed by atoms with Crippen LogP contribution in [-0.4, -0.2) is 23.9 Å². The molecule has 0 aliphatic rings. The van der Waals surface area contributed by atoms with Crippen LogP contribution in [0.15, 0.2) is 18.2 Å². The van der Waals surface area contributed by atoms with E-state index in [1.807, 2.05) is 19.9 Å². The summed E-state index contributed by atoms with van der Waals surface area (Å²) >= 11 is 11.9. The summed E-state index contributed by atoms with van der Waals surface area (Å²) in [5, 5.41) is 1.15. The van der Waals surface area contributed by atoms with E-state index in [9.17, 15) is 4.79 Å². The molecule has 18 heavy (non-hydrogen) atoms. The number of nitrogens with zero attached hydrogens (tertiary/aromatic N) is 1. The van der Waals surface area contributed by atoms with Gasteiger partial charge in [0.2, 0.25) is 5.91 Å². The Morgan fingerprint density at radius 3 is 2.50 bits per heavy atom. The first-order chi connectivity index (χ1) is 8.32. The number of hydrogen-bond donors (Lipinski definition) is 1. The maximum absolute atomic E-state index is 12.0. The van der Waals surface area contributed by atoms with Gasteiger partial charge in [0.15, 0.2) is 0 Å². The van der Waals surface area contributed by atoms with E-state index in [0.29, 0.717) is 16.6 Å². The van der Waals surface area contributed by atoms with Gasteiger partial charge in [0, 0.05) is 29.7 Å². The Labute approximate surface area is 118 Å². The predicted octanol–water partition coefficient (Wildman–Crippen LogP) is 2.94. The Morgan fingerprint density at radius 2 is 2.00 bits per heavy atom. The fourth-order valence-electron chi connectivity index (χ4n) is 1.56. The number of carbonyl (C=O) groups excluding carboxylic acids is 1. The van der Waals surface area contributed by atoms with Gasteiger partial charge < -0.3 is 10.6 Å². The molecular weight excluding hydrogens is 271 g/mol. The Kier molecular flexibility index (Phi) is 5.45. The van der Waals surface area contributed by atoms with Crippen molar-refractivity contribution in [2.24, 2.45) is 11.7 Å². The summed E-state index contributed by atoms with van der Waals surface area (Å²) < 4.78 is 0. The van der Waals surface area contributed by atoms with E-state index in [1.165, 1.54) is 0 Å². The van der Waals surface area contributed by atoms with Crippen molar-refractivity contribution in [2.75, 3.05) is 7.05 Å². The fourth-order valence-corrected chi connectivity index (χ4v) is 2.02. The Balaban J connectivity index is 2.75. The van der Waals surface area contributed by atoms with Gasteiger partial charge in [-0.3, -0.25) is 4.79 Å². The zero-order valence-electron chi connectivity index (χ0n) is 10.8. The van der Waals surface area contributed by atoms with Crippen LogP contribution in [0.2, 0.25) is 10.0 Å². The van der Waals surface area contributed by atoms with Crippen LogP contribution >= 0.6 is 23.2 Å². The molecule has 0 aromatic heterocycles. The number of amides is 1. The molecule has 1 rings (SSSR count). The van der Waals surface area contributed by atoms with Gasteiger partial charge in [-0.15, -0.1) is 0 Å². The molecule has 0 fully saturated rings. The molecule has 0 spiro atoms. The highest BCUT2D eigenvalue weighted by molar-refractivity contribution is 6.35. The second-order valence-corrected chi connectivity index (χ2v) is 5.42. The normalized spacial score (nSPS) is 14.1. The average molecular weight is 289 g/mol. The van der Waals surface area contributed by atoms with Gasteiger partial charge in [0.05, 0.1) is 5.92 Å². The van der Waals surface area contributed by atoms with Crippen LogP contribution in [0, 0.1) is 5.92 Å². The molecule has 0 heterocycles. The molecule has 0 aliphatic heterocycles. The van der Waals surface area contributed by atoms with Crippen LogP contribution in [0.4, 0.5) is 0 Å². The maximum Gasteiger partial charge on any atom is 0.226 e. The molecule has 0 radical (unpaired) electrons. The van der Waals surface area contributed by atoms with Crippen LogP contribution in [0.3, 0.4) is 0 Å². The Hall–Kier alpha value is -0.770. The van der Waals surface area contributed by atoms with Crippen LogP contribution < -0.4 is 5.73 Å². The van der Waals surface area contributed by atoms with E-state index >= 15 is 0 Å². The smallest absolute Gasteiger partial charge is 0.226 e. The second-order valence-electron chi connectivity index (χ2n) is 4.58. The third kappa shape index (κ3) is 3.87. The largest absolute Gasteiger partial charge is 0.341 e. The monoisotopic (exact) mass is 288 g/mol. The lowest BCUT2D eigenvalue weighted by molar-refractivity contribution is -0.134. The summed E-state index contributed by atoms with van der Waals surface area (Å²) in [5.41, 5.74) is 6.60. The van der Waals surface area contributed by atoms with Crippen molar-refractivity contribution in [1.82, 2.24) is 4.90 Å². The molecule has 2 N–H and O–H groups in total. The summed E-state index contributed by atoms with van der Waals surface area (Å²) in [4.78, 5) is 13.7. The number of halogens is 2. The van der Waals surface area contributed by atoms with Gasteiger partial charge in [0.25, 0.3) is 0 Å². The zero-order valence-corrected chi connectivity index (χ0v) is 12.3. The first kappa shape index (κ1) is 15.3. The lowest BCUT2D eigenvalue weighted by Crippen LogP contribution is -2.39.